The maximum absolute atomic E-state index is 13.7. The number of hydrogen-bond acceptors (Lipinski definition) is 1. The Morgan fingerprint density at radius 1 is 0.824 bits per heavy atom. The highest BCUT2D eigenvalue weighted by molar-refractivity contribution is 5.95. The summed E-state index contributed by atoms with van der Waals surface area (Å²) in [6.45, 7) is 10.00. The van der Waals surface area contributed by atoms with Crippen molar-refractivity contribution in [3.63, 3.8) is 0 Å². The van der Waals surface area contributed by atoms with Crippen molar-refractivity contribution in [2.75, 3.05) is 0 Å². The standard InChI is InChI=1S/C31H34N2O/c1-23(2)25(4)33(22-30-14-9-19-32(30)21-26-11-8-10-24(3)20-26)31(34)29-17-15-28(16-18-29)27-12-6-5-7-13-27/h5-20,23,25H,21-22H2,1-4H3. The van der Waals surface area contributed by atoms with E-state index in [2.05, 4.69) is 87.0 Å². The molecule has 3 heteroatoms. The van der Waals surface area contributed by atoms with E-state index in [1.165, 1.54) is 11.1 Å². The minimum absolute atomic E-state index is 0.0733. The fourth-order valence-electron chi connectivity index (χ4n) is 4.29. The number of aryl methyl sites for hydroxylation is 1. The lowest BCUT2D eigenvalue weighted by atomic mass is 10.0. The lowest BCUT2D eigenvalue weighted by Gasteiger charge is -2.32. The summed E-state index contributed by atoms with van der Waals surface area (Å²) in [6.07, 6.45) is 2.11. The Hall–Kier alpha value is -3.59. The molecule has 0 aliphatic carbocycles. The largest absolute Gasteiger partial charge is 0.345 e. The van der Waals surface area contributed by atoms with Crippen molar-refractivity contribution in [3.8, 4) is 11.1 Å². The number of nitrogens with zero attached hydrogens (tertiary/aromatic N) is 2. The highest BCUT2D eigenvalue weighted by Gasteiger charge is 2.25. The molecule has 34 heavy (non-hydrogen) atoms. The molecular formula is C31H34N2O. The molecule has 1 atom stereocenters. The molecule has 1 unspecified atom stereocenters. The second kappa shape index (κ2) is 10.6. The number of rotatable bonds is 8. The van der Waals surface area contributed by atoms with Crippen molar-refractivity contribution in [2.45, 2.75) is 46.8 Å². The summed E-state index contributed by atoms with van der Waals surface area (Å²) < 4.78 is 2.25. The third-order valence-electron chi connectivity index (χ3n) is 6.65. The SMILES string of the molecule is Cc1cccc(Cn2cccc2CN(C(=O)c2ccc(-c3ccccc3)cc2)C(C)C(C)C)c1. The van der Waals surface area contributed by atoms with E-state index in [4.69, 9.17) is 0 Å². The van der Waals surface area contributed by atoms with Gasteiger partial charge in [0.05, 0.1) is 6.54 Å². The number of carbonyl (C=O) groups excluding carboxylic acids is 1. The third kappa shape index (κ3) is 5.48. The minimum Gasteiger partial charge on any atom is -0.345 e. The van der Waals surface area contributed by atoms with Crippen molar-refractivity contribution in [1.29, 1.82) is 0 Å². The molecule has 174 valence electrons. The second-order valence-corrected chi connectivity index (χ2v) is 9.48. The van der Waals surface area contributed by atoms with E-state index in [1.54, 1.807) is 0 Å². The first-order chi connectivity index (χ1) is 16.4. The van der Waals surface area contributed by atoms with E-state index in [0.29, 0.717) is 12.5 Å². The fraction of sp³-hybridized carbons (Fsp3) is 0.258. The van der Waals surface area contributed by atoms with Gasteiger partial charge in [0.2, 0.25) is 0 Å². The summed E-state index contributed by atoms with van der Waals surface area (Å²) in [4.78, 5) is 15.7. The summed E-state index contributed by atoms with van der Waals surface area (Å²) in [7, 11) is 0. The van der Waals surface area contributed by atoms with E-state index in [0.717, 1.165) is 28.9 Å². The maximum atomic E-state index is 13.7. The Labute approximate surface area is 203 Å². The van der Waals surface area contributed by atoms with Gasteiger partial charge >= 0.3 is 0 Å². The molecule has 4 aromatic rings. The first-order valence-corrected chi connectivity index (χ1v) is 12.1. The number of benzene rings is 3. The molecule has 0 saturated carbocycles. The van der Waals surface area contributed by atoms with Gasteiger partial charge in [0.1, 0.15) is 0 Å². The minimum atomic E-state index is 0.0733. The maximum Gasteiger partial charge on any atom is 0.254 e. The van der Waals surface area contributed by atoms with Gasteiger partial charge in [0.25, 0.3) is 5.91 Å². The molecule has 3 aromatic carbocycles. The Kier molecular flexibility index (Phi) is 7.32. The van der Waals surface area contributed by atoms with E-state index in [1.807, 2.05) is 47.4 Å². The highest BCUT2D eigenvalue weighted by atomic mass is 16.2. The van der Waals surface area contributed by atoms with Crippen molar-refractivity contribution in [2.24, 2.45) is 5.92 Å². The van der Waals surface area contributed by atoms with Gasteiger partial charge in [0.15, 0.2) is 0 Å². The zero-order chi connectivity index (χ0) is 24.1. The summed E-state index contributed by atoms with van der Waals surface area (Å²) in [6, 6.07) is 31.2. The van der Waals surface area contributed by atoms with E-state index < -0.39 is 0 Å². The molecule has 1 heterocycles. The Balaban J connectivity index is 1.57. The predicted octanol–water partition coefficient (Wildman–Crippen LogP) is 7.20. The molecule has 3 nitrogen and oxygen atoms in total. The monoisotopic (exact) mass is 450 g/mol. The average molecular weight is 451 g/mol. The van der Waals surface area contributed by atoms with E-state index >= 15 is 0 Å². The molecular weight excluding hydrogens is 416 g/mol. The van der Waals surface area contributed by atoms with Crippen molar-refractivity contribution in [3.05, 3.63) is 120 Å². The zero-order valence-corrected chi connectivity index (χ0v) is 20.6. The van der Waals surface area contributed by atoms with Crippen LogP contribution < -0.4 is 0 Å². The van der Waals surface area contributed by atoms with Crippen LogP contribution in [0, 0.1) is 12.8 Å². The first-order valence-electron chi connectivity index (χ1n) is 12.1. The molecule has 0 radical (unpaired) electrons. The lowest BCUT2D eigenvalue weighted by molar-refractivity contribution is 0.0623. The van der Waals surface area contributed by atoms with Gasteiger partial charge in [-0.1, -0.05) is 86.1 Å². The Morgan fingerprint density at radius 3 is 2.21 bits per heavy atom. The Bertz CT molecular complexity index is 1220. The van der Waals surface area contributed by atoms with Crippen LogP contribution in [0.15, 0.2) is 97.2 Å². The molecule has 4 rings (SSSR count). The van der Waals surface area contributed by atoms with Crippen LogP contribution >= 0.6 is 0 Å². The van der Waals surface area contributed by atoms with Crippen LogP contribution in [0.1, 0.15) is 48.0 Å². The van der Waals surface area contributed by atoms with Gasteiger partial charge in [-0.25, -0.2) is 0 Å². The predicted molar refractivity (Wildman–Crippen MR) is 141 cm³/mol. The molecule has 0 fully saturated rings. The van der Waals surface area contributed by atoms with Crippen LogP contribution in [-0.2, 0) is 13.1 Å². The molecule has 0 N–H and O–H groups in total. The van der Waals surface area contributed by atoms with Crippen LogP contribution in [0.3, 0.4) is 0 Å². The summed E-state index contributed by atoms with van der Waals surface area (Å²) in [5.74, 6) is 0.428. The lowest BCUT2D eigenvalue weighted by Crippen LogP contribution is -2.41. The van der Waals surface area contributed by atoms with Gasteiger partial charge in [-0.15, -0.1) is 0 Å². The van der Waals surface area contributed by atoms with Crippen LogP contribution in [0.5, 0.6) is 0 Å². The summed E-state index contributed by atoms with van der Waals surface area (Å²) in [5.41, 5.74) is 6.67. The van der Waals surface area contributed by atoms with E-state index in [9.17, 15) is 4.79 Å². The van der Waals surface area contributed by atoms with Crippen LogP contribution in [0.4, 0.5) is 0 Å². The van der Waals surface area contributed by atoms with Gasteiger partial charge < -0.3 is 9.47 Å². The van der Waals surface area contributed by atoms with Gasteiger partial charge in [-0.3, -0.25) is 4.79 Å². The summed E-state index contributed by atoms with van der Waals surface area (Å²) >= 11 is 0. The van der Waals surface area contributed by atoms with Crippen LogP contribution in [0.25, 0.3) is 11.1 Å². The molecule has 0 aliphatic rings. The smallest absolute Gasteiger partial charge is 0.254 e. The number of amides is 1. The van der Waals surface area contributed by atoms with Gasteiger partial charge in [0, 0.05) is 30.0 Å². The molecule has 1 amide bonds. The quantitative estimate of drug-likeness (QED) is 0.279. The Morgan fingerprint density at radius 2 is 1.53 bits per heavy atom. The number of aromatic nitrogens is 1. The molecule has 0 saturated heterocycles. The first kappa shape index (κ1) is 23.6. The molecule has 0 bridgehead atoms. The highest BCUT2D eigenvalue weighted by Crippen LogP contribution is 2.23. The number of hydrogen-bond donors (Lipinski definition) is 0. The molecule has 1 aromatic heterocycles. The number of carbonyl (C=O) groups is 1. The van der Waals surface area contributed by atoms with Crippen molar-refractivity contribution >= 4 is 5.91 Å². The molecule has 0 spiro atoms. The zero-order valence-electron chi connectivity index (χ0n) is 20.6. The van der Waals surface area contributed by atoms with Crippen molar-refractivity contribution < 1.29 is 4.79 Å². The van der Waals surface area contributed by atoms with E-state index in [-0.39, 0.29) is 11.9 Å². The fourth-order valence-corrected chi connectivity index (χ4v) is 4.29. The normalized spacial score (nSPS) is 12.0. The third-order valence-corrected chi connectivity index (χ3v) is 6.65. The van der Waals surface area contributed by atoms with Crippen LogP contribution in [0.2, 0.25) is 0 Å². The second-order valence-electron chi connectivity index (χ2n) is 9.48. The van der Waals surface area contributed by atoms with Crippen LogP contribution in [-0.4, -0.2) is 21.4 Å². The topological polar surface area (TPSA) is 25.2 Å². The van der Waals surface area contributed by atoms with Gasteiger partial charge in [-0.2, -0.15) is 0 Å². The molecule has 0 aliphatic heterocycles. The average Bonchev–Trinajstić information content (AvgIpc) is 3.28. The van der Waals surface area contributed by atoms with Crippen molar-refractivity contribution in [1.82, 2.24) is 9.47 Å². The summed E-state index contributed by atoms with van der Waals surface area (Å²) in [5, 5.41) is 0. The van der Waals surface area contributed by atoms with Gasteiger partial charge in [-0.05, 0) is 60.7 Å².